The Kier molecular flexibility index (Phi) is 10.2. The number of likely N-dealkylation sites (tertiary alicyclic amines) is 1. The Labute approximate surface area is 279 Å². The molecule has 1 saturated heterocycles. The highest BCUT2D eigenvalue weighted by atomic mass is 19.4. The van der Waals surface area contributed by atoms with Crippen molar-refractivity contribution >= 4 is 24.1 Å². The quantitative estimate of drug-likeness (QED) is 0.224. The number of benzene rings is 2. The van der Waals surface area contributed by atoms with E-state index in [1.54, 1.807) is 36.4 Å². The molecule has 49 heavy (non-hydrogen) atoms. The van der Waals surface area contributed by atoms with E-state index in [-0.39, 0.29) is 37.8 Å². The molecule has 15 heteroatoms. The number of hydrogen-bond donors (Lipinski definition) is 4. The molecule has 6 rings (SSSR count). The predicted octanol–water partition coefficient (Wildman–Crippen LogP) is 1.92. The summed E-state index contributed by atoms with van der Waals surface area (Å²) in [5.74, 6) is -1.44. The first-order chi connectivity index (χ1) is 23.2. The van der Waals surface area contributed by atoms with Gasteiger partial charge in [-0.2, -0.15) is 13.2 Å². The van der Waals surface area contributed by atoms with E-state index in [0.29, 0.717) is 36.3 Å². The molecule has 2 aromatic carbocycles. The van der Waals surface area contributed by atoms with Crippen molar-refractivity contribution in [2.24, 2.45) is 0 Å². The van der Waals surface area contributed by atoms with Crippen LogP contribution in [0.3, 0.4) is 0 Å². The molecule has 264 valence electrons. The molecule has 6 atom stereocenters. The summed E-state index contributed by atoms with van der Waals surface area (Å²) in [7, 11) is 2.00. The normalized spacial score (nSPS) is 26.0. The van der Waals surface area contributed by atoms with Gasteiger partial charge in [-0.1, -0.05) is 42.5 Å². The summed E-state index contributed by atoms with van der Waals surface area (Å²) in [5, 5.41) is 34.3. The fraction of sp³-hybridized carbons (Fsp3) is 0.471. The lowest BCUT2D eigenvalue weighted by molar-refractivity contribution is -0.176. The largest absolute Gasteiger partial charge is 0.481 e. The minimum Gasteiger partial charge on any atom is -0.481 e. The molecule has 2 bridgehead atoms. The molecule has 1 spiro atoms. The van der Waals surface area contributed by atoms with Crippen molar-refractivity contribution in [3.8, 4) is 5.75 Å². The van der Waals surface area contributed by atoms with Gasteiger partial charge in [0.2, 0.25) is 18.3 Å². The summed E-state index contributed by atoms with van der Waals surface area (Å²) >= 11 is 0. The van der Waals surface area contributed by atoms with Gasteiger partial charge in [-0.05, 0) is 45.0 Å². The lowest BCUT2D eigenvalue weighted by Crippen LogP contribution is -2.74. The average molecular weight is 691 g/mol. The van der Waals surface area contributed by atoms with Crippen LogP contribution >= 0.6 is 0 Å². The minimum atomic E-state index is -4.64. The summed E-state index contributed by atoms with van der Waals surface area (Å²) in [6, 6.07) is 12.1. The summed E-state index contributed by atoms with van der Waals surface area (Å²) in [6.45, 7) is 1.69. The second-order valence-electron chi connectivity index (χ2n) is 12.5. The number of aliphatic hydroxyl groups excluding tert-OH is 2. The SMILES string of the molecule is C[C@H](O)C(=O)NCCC(=O)O[C@H](C(=O)OC1=CC[C@@]2(O)[C@H]3Cc4ccc(CO)c5c4[C@@]2(CCN3C)[C@H]1O5)c1ccccc1.O=CC(F)(F)F. The number of aliphatic hydroxyl groups is 3. The maximum Gasteiger partial charge on any atom is 0.446 e. The van der Waals surface area contributed by atoms with Crippen LogP contribution in [0.1, 0.15) is 54.5 Å². The van der Waals surface area contributed by atoms with Gasteiger partial charge in [-0.3, -0.25) is 14.4 Å². The molecule has 1 amide bonds. The number of aldehydes is 1. The summed E-state index contributed by atoms with van der Waals surface area (Å²) in [6.07, 6.45) is -6.26. The number of carbonyl (C=O) groups is 4. The zero-order chi connectivity index (χ0) is 35.7. The van der Waals surface area contributed by atoms with E-state index in [2.05, 4.69) is 10.2 Å². The highest BCUT2D eigenvalue weighted by Gasteiger charge is 2.72. The van der Waals surface area contributed by atoms with Crippen LogP contribution in [0.25, 0.3) is 0 Å². The summed E-state index contributed by atoms with van der Waals surface area (Å²) in [5.41, 5.74) is 0.854. The van der Waals surface area contributed by atoms with Gasteiger partial charge in [0.25, 0.3) is 0 Å². The van der Waals surface area contributed by atoms with Crippen LogP contribution in [0.4, 0.5) is 13.2 Å². The molecular formula is C34H37F3N2O10. The monoisotopic (exact) mass is 690 g/mol. The molecule has 0 saturated carbocycles. The number of nitrogens with zero attached hydrogens (tertiary/aromatic N) is 1. The zero-order valence-corrected chi connectivity index (χ0v) is 26.7. The number of nitrogens with one attached hydrogen (secondary N) is 1. The Morgan fingerprint density at radius 2 is 1.88 bits per heavy atom. The van der Waals surface area contributed by atoms with Crippen molar-refractivity contribution < 1.29 is 61.9 Å². The molecule has 1 fully saturated rings. The molecule has 2 aliphatic heterocycles. The van der Waals surface area contributed by atoms with Crippen LogP contribution in [0.5, 0.6) is 5.75 Å². The van der Waals surface area contributed by atoms with Gasteiger partial charge < -0.3 is 39.7 Å². The number of esters is 2. The number of ether oxygens (including phenoxy) is 3. The van der Waals surface area contributed by atoms with E-state index in [0.717, 1.165) is 11.1 Å². The molecule has 4 N–H and O–H groups in total. The zero-order valence-electron chi connectivity index (χ0n) is 26.7. The van der Waals surface area contributed by atoms with Crippen LogP contribution in [-0.4, -0.2) is 94.5 Å². The number of amides is 1. The first-order valence-electron chi connectivity index (χ1n) is 15.7. The second kappa shape index (κ2) is 13.9. The standard InChI is InChI=1S/C32H36N2O9.C2HF3O/c1-18(36)29(38)33-14-11-24(37)42-27(19-6-4-3-5-7-19)30(39)41-22-10-12-32(40)23-16-20-8-9-21(17-35)26-25(20)31(32,28(22)43-26)13-15-34(23)2;3-2(4,5)1-6/h3-10,18,23,27-28,35-36,40H,11-17H2,1-2H3,(H,33,38);1H/t18-,23+,27-,28-,31-,32+;/m0./s1. The second-order valence-corrected chi connectivity index (χ2v) is 12.5. The van der Waals surface area contributed by atoms with Crippen molar-refractivity contribution in [3.05, 3.63) is 76.6 Å². The van der Waals surface area contributed by atoms with E-state index in [4.69, 9.17) is 19.0 Å². The number of rotatable bonds is 9. The molecule has 0 unspecified atom stereocenters. The average Bonchev–Trinajstić information content (AvgIpc) is 3.43. The number of hydrogen-bond acceptors (Lipinski definition) is 11. The number of carbonyl (C=O) groups excluding carboxylic acids is 4. The fourth-order valence-electron chi connectivity index (χ4n) is 7.31. The van der Waals surface area contributed by atoms with Gasteiger partial charge in [0.05, 0.1) is 24.0 Å². The lowest BCUT2D eigenvalue weighted by Gasteiger charge is -2.61. The number of halogens is 3. The lowest BCUT2D eigenvalue weighted by atomic mass is 9.50. The molecule has 2 aromatic rings. The van der Waals surface area contributed by atoms with Gasteiger partial charge in [0.15, 0.2) is 6.10 Å². The molecular weight excluding hydrogens is 653 g/mol. The third kappa shape index (κ3) is 6.67. The number of alkyl halides is 3. The predicted molar refractivity (Wildman–Crippen MR) is 164 cm³/mol. The van der Waals surface area contributed by atoms with Crippen LogP contribution in [0.15, 0.2) is 54.3 Å². The van der Waals surface area contributed by atoms with Crippen molar-refractivity contribution in [3.63, 3.8) is 0 Å². The topological polar surface area (TPSA) is 172 Å². The van der Waals surface area contributed by atoms with Gasteiger partial charge in [-0.15, -0.1) is 0 Å². The van der Waals surface area contributed by atoms with E-state index in [1.165, 1.54) is 6.92 Å². The van der Waals surface area contributed by atoms with Gasteiger partial charge in [0.1, 0.15) is 17.6 Å². The number of piperidine rings is 1. The van der Waals surface area contributed by atoms with Crippen molar-refractivity contribution in [2.45, 2.75) is 80.8 Å². The fourth-order valence-corrected chi connectivity index (χ4v) is 7.31. The van der Waals surface area contributed by atoms with E-state index in [1.807, 2.05) is 19.2 Å². The maximum absolute atomic E-state index is 13.8. The Bertz CT molecular complexity index is 1630. The maximum atomic E-state index is 13.8. The van der Waals surface area contributed by atoms with Crippen LogP contribution in [0, 0.1) is 0 Å². The minimum absolute atomic E-state index is 0.0787. The number of likely N-dealkylation sites (N-methyl/N-ethyl adjacent to an activating group) is 1. The van der Waals surface area contributed by atoms with Crippen LogP contribution in [-0.2, 0) is 47.1 Å². The van der Waals surface area contributed by atoms with E-state index in [9.17, 15) is 42.9 Å². The highest BCUT2D eigenvalue weighted by Crippen LogP contribution is 2.64. The highest BCUT2D eigenvalue weighted by molar-refractivity contribution is 5.83. The van der Waals surface area contributed by atoms with Gasteiger partial charge in [-0.25, -0.2) is 4.79 Å². The molecule has 2 heterocycles. The molecule has 4 aliphatic rings. The Morgan fingerprint density at radius 1 is 1.18 bits per heavy atom. The van der Waals surface area contributed by atoms with Crippen LogP contribution in [0.2, 0.25) is 0 Å². The third-order valence-corrected chi connectivity index (χ3v) is 9.55. The van der Waals surface area contributed by atoms with Crippen molar-refractivity contribution in [2.75, 3.05) is 20.1 Å². The Morgan fingerprint density at radius 3 is 2.51 bits per heavy atom. The van der Waals surface area contributed by atoms with Crippen molar-refractivity contribution in [1.29, 1.82) is 0 Å². The van der Waals surface area contributed by atoms with E-state index < -0.39 is 59.6 Å². The molecule has 0 radical (unpaired) electrons. The summed E-state index contributed by atoms with van der Waals surface area (Å²) in [4.78, 5) is 49.0. The van der Waals surface area contributed by atoms with Crippen molar-refractivity contribution in [1.82, 2.24) is 10.2 Å². The molecule has 0 aromatic heterocycles. The van der Waals surface area contributed by atoms with Gasteiger partial charge >= 0.3 is 18.1 Å². The third-order valence-electron chi connectivity index (χ3n) is 9.55. The first kappa shape index (κ1) is 36.0. The molecule has 12 nitrogen and oxygen atoms in total. The van der Waals surface area contributed by atoms with Gasteiger partial charge in [0, 0.05) is 35.7 Å². The van der Waals surface area contributed by atoms with Crippen LogP contribution < -0.4 is 10.1 Å². The Balaban J connectivity index is 0.000000717. The molecule has 2 aliphatic carbocycles. The Hall–Kier alpha value is -4.31. The first-order valence-corrected chi connectivity index (χ1v) is 15.7. The smallest absolute Gasteiger partial charge is 0.446 e. The summed E-state index contributed by atoms with van der Waals surface area (Å²) < 4.78 is 49.3. The van der Waals surface area contributed by atoms with E-state index >= 15 is 0 Å².